The molecular formula is C21H22FN5O3S. The third-order valence-electron chi connectivity index (χ3n) is 4.40. The number of thioether (sulfide) groups is 1. The number of amides is 2. The second-order valence-electron chi connectivity index (χ2n) is 6.69. The quantitative estimate of drug-likeness (QED) is 0.520. The molecule has 0 aliphatic rings. The fraction of sp³-hybridized carbons (Fsp3) is 0.238. The highest BCUT2D eigenvalue weighted by atomic mass is 32.2. The molecule has 0 saturated carbocycles. The minimum Gasteiger partial charge on any atom is -0.495 e. The second kappa shape index (κ2) is 10.1. The van der Waals surface area contributed by atoms with E-state index in [0.717, 1.165) is 5.56 Å². The lowest BCUT2D eigenvalue weighted by atomic mass is 10.2. The van der Waals surface area contributed by atoms with Crippen molar-refractivity contribution in [2.24, 2.45) is 7.05 Å². The number of anilines is 1. The van der Waals surface area contributed by atoms with E-state index in [1.807, 2.05) is 19.1 Å². The first-order chi connectivity index (χ1) is 14.9. The van der Waals surface area contributed by atoms with Crippen LogP contribution >= 0.6 is 11.8 Å². The number of ether oxygens (including phenoxy) is 1. The van der Waals surface area contributed by atoms with Crippen LogP contribution in [-0.4, -0.2) is 39.4 Å². The molecule has 0 atom stereocenters. The number of aryl methyl sites for hydroxylation is 1. The third-order valence-corrected chi connectivity index (χ3v) is 5.42. The van der Waals surface area contributed by atoms with Crippen LogP contribution in [0.2, 0.25) is 0 Å². The summed E-state index contributed by atoms with van der Waals surface area (Å²) >= 11 is 1.23. The molecule has 0 fully saturated rings. The second-order valence-corrected chi connectivity index (χ2v) is 7.63. The van der Waals surface area contributed by atoms with Crippen molar-refractivity contribution in [3.8, 4) is 5.75 Å². The van der Waals surface area contributed by atoms with E-state index in [1.54, 1.807) is 24.8 Å². The Kier molecular flexibility index (Phi) is 7.24. The first-order valence-corrected chi connectivity index (χ1v) is 10.3. The highest BCUT2D eigenvalue weighted by molar-refractivity contribution is 7.99. The third kappa shape index (κ3) is 5.82. The Bertz CT molecular complexity index is 1090. The number of carbonyl (C=O) groups excluding carboxylic acids is 2. The zero-order chi connectivity index (χ0) is 22.4. The van der Waals surface area contributed by atoms with Crippen LogP contribution in [0.5, 0.6) is 5.75 Å². The topological polar surface area (TPSA) is 98.1 Å². The molecule has 10 heteroatoms. The van der Waals surface area contributed by atoms with Gasteiger partial charge in [0.25, 0.3) is 5.91 Å². The Hall–Kier alpha value is -3.40. The van der Waals surface area contributed by atoms with Gasteiger partial charge in [-0.1, -0.05) is 17.8 Å². The van der Waals surface area contributed by atoms with Crippen molar-refractivity contribution >= 4 is 29.3 Å². The summed E-state index contributed by atoms with van der Waals surface area (Å²) in [7, 11) is 3.30. The van der Waals surface area contributed by atoms with Crippen LogP contribution in [0, 0.1) is 12.7 Å². The molecule has 0 spiro atoms. The van der Waals surface area contributed by atoms with Gasteiger partial charge in [-0.25, -0.2) is 4.39 Å². The summed E-state index contributed by atoms with van der Waals surface area (Å²) in [4.78, 5) is 24.5. The van der Waals surface area contributed by atoms with E-state index in [0.29, 0.717) is 28.0 Å². The molecular weight excluding hydrogens is 421 g/mol. The van der Waals surface area contributed by atoms with Crippen LogP contribution in [0.15, 0.2) is 47.6 Å². The summed E-state index contributed by atoms with van der Waals surface area (Å²) in [6, 6.07) is 10.8. The minimum atomic E-state index is -0.406. The molecule has 8 nitrogen and oxygen atoms in total. The summed E-state index contributed by atoms with van der Waals surface area (Å²) in [6.07, 6.45) is 0. The number of nitrogens with one attached hydrogen (secondary N) is 2. The van der Waals surface area contributed by atoms with Gasteiger partial charge < -0.3 is 19.9 Å². The van der Waals surface area contributed by atoms with Crippen molar-refractivity contribution in [1.29, 1.82) is 0 Å². The molecule has 1 heterocycles. The van der Waals surface area contributed by atoms with Crippen LogP contribution in [0.3, 0.4) is 0 Å². The average molecular weight is 444 g/mol. The molecule has 0 bridgehead atoms. The molecule has 31 heavy (non-hydrogen) atoms. The van der Waals surface area contributed by atoms with Gasteiger partial charge in [0.15, 0.2) is 11.0 Å². The van der Waals surface area contributed by atoms with E-state index in [4.69, 9.17) is 4.74 Å². The zero-order valence-electron chi connectivity index (χ0n) is 17.3. The lowest BCUT2D eigenvalue weighted by molar-refractivity contribution is -0.113. The molecule has 0 aliphatic carbocycles. The van der Waals surface area contributed by atoms with Gasteiger partial charge >= 0.3 is 0 Å². The summed E-state index contributed by atoms with van der Waals surface area (Å²) in [5.74, 6) is 0.286. The van der Waals surface area contributed by atoms with E-state index in [-0.39, 0.29) is 24.1 Å². The van der Waals surface area contributed by atoms with E-state index in [9.17, 15) is 14.0 Å². The average Bonchev–Trinajstić information content (AvgIpc) is 3.10. The Labute approximate surface area is 183 Å². The van der Waals surface area contributed by atoms with Gasteiger partial charge in [0.1, 0.15) is 11.6 Å². The maximum Gasteiger partial charge on any atom is 0.251 e. The van der Waals surface area contributed by atoms with E-state index in [1.165, 1.54) is 36.0 Å². The Morgan fingerprint density at radius 1 is 1.16 bits per heavy atom. The first-order valence-electron chi connectivity index (χ1n) is 9.36. The highest BCUT2D eigenvalue weighted by Crippen LogP contribution is 2.25. The van der Waals surface area contributed by atoms with Crippen LogP contribution in [-0.2, 0) is 18.4 Å². The molecule has 1 aromatic heterocycles. The summed E-state index contributed by atoms with van der Waals surface area (Å²) in [5.41, 5.74) is 1.96. The van der Waals surface area contributed by atoms with Crippen LogP contribution in [0.1, 0.15) is 21.7 Å². The van der Waals surface area contributed by atoms with Crippen molar-refractivity contribution in [1.82, 2.24) is 20.1 Å². The van der Waals surface area contributed by atoms with Gasteiger partial charge in [0.05, 0.1) is 25.1 Å². The molecule has 2 N–H and O–H groups in total. The fourth-order valence-corrected chi connectivity index (χ4v) is 3.45. The molecule has 2 aromatic carbocycles. The zero-order valence-corrected chi connectivity index (χ0v) is 18.1. The Morgan fingerprint density at radius 3 is 2.61 bits per heavy atom. The minimum absolute atomic E-state index is 0.130. The Balaban J connectivity index is 1.54. The monoisotopic (exact) mass is 443 g/mol. The number of hydrogen-bond acceptors (Lipinski definition) is 6. The van der Waals surface area contributed by atoms with E-state index in [2.05, 4.69) is 20.8 Å². The summed E-state index contributed by atoms with van der Waals surface area (Å²) in [6.45, 7) is 2.08. The number of hydrogen-bond donors (Lipinski definition) is 2. The smallest absolute Gasteiger partial charge is 0.251 e. The predicted molar refractivity (Wildman–Crippen MR) is 116 cm³/mol. The van der Waals surface area contributed by atoms with Gasteiger partial charge in [-0.05, 0) is 48.9 Å². The van der Waals surface area contributed by atoms with Crippen LogP contribution in [0.4, 0.5) is 10.1 Å². The van der Waals surface area contributed by atoms with Gasteiger partial charge in [0, 0.05) is 12.6 Å². The van der Waals surface area contributed by atoms with E-state index < -0.39 is 5.82 Å². The SMILES string of the molecule is COc1ccc(C)cc1NC(=O)CSc1nnc(CNC(=O)c2ccc(F)cc2)n1C. The molecule has 3 rings (SSSR count). The van der Waals surface area contributed by atoms with E-state index >= 15 is 0 Å². The van der Waals surface area contributed by atoms with Crippen molar-refractivity contribution < 1.29 is 18.7 Å². The lowest BCUT2D eigenvalue weighted by Crippen LogP contribution is -2.24. The van der Waals surface area contributed by atoms with Gasteiger partial charge in [-0.15, -0.1) is 10.2 Å². The predicted octanol–water partition coefficient (Wildman–Crippen LogP) is 2.93. The van der Waals surface area contributed by atoms with Gasteiger partial charge in [-0.2, -0.15) is 0 Å². The molecule has 0 unspecified atom stereocenters. The number of aromatic nitrogens is 3. The highest BCUT2D eigenvalue weighted by Gasteiger charge is 2.14. The van der Waals surface area contributed by atoms with Crippen LogP contribution < -0.4 is 15.4 Å². The van der Waals surface area contributed by atoms with Crippen molar-refractivity contribution in [3.63, 3.8) is 0 Å². The van der Waals surface area contributed by atoms with Crippen LogP contribution in [0.25, 0.3) is 0 Å². The number of methoxy groups -OCH3 is 1. The molecule has 2 amide bonds. The maximum atomic E-state index is 13.0. The molecule has 0 saturated heterocycles. The number of carbonyl (C=O) groups is 2. The van der Waals surface area contributed by atoms with Crippen molar-refractivity contribution in [3.05, 3.63) is 65.2 Å². The first kappa shape index (κ1) is 22.3. The normalized spacial score (nSPS) is 10.6. The number of benzene rings is 2. The summed E-state index contributed by atoms with van der Waals surface area (Å²) < 4.78 is 19.9. The number of halogens is 1. The standard InChI is InChI=1S/C21H22FN5O3S/c1-13-4-9-17(30-3)16(10-13)24-19(28)12-31-21-26-25-18(27(21)2)11-23-20(29)14-5-7-15(22)8-6-14/h4-10H,11-12H2,1-3H3,(H,23,29)(H,24,28). The molecule has 162 valence electrons. The lowest BCUT2D eigenvalue weighted by Gasteiger charge is -2.11. The fourth-order valence-electron chi connectivity index (χ4n) is 2.72. The summed E-state index contributed by atoms with van der Waals surface area (Å²) in [5, 5.41) is 14.2. The Morgan fingerprint density at radius 2 is 1.90 bits per heavy atom. The molecule has 3 aromatic rings. The molecule has 0 aliphatic heterocycles. The van der Waals surface area contributed by atoms with Crippen molar-refractivity contribution in [2.45, 2.75) is 18.6 Å². The molecule has 0 radical (unpaired) electrons. The van der Waals surface area contributed by atoms with Gasteiger partial charge in [0.2, 0.25) is 5.91 Å². The largest absolute Gasteiger partial charge is 0.495 e. The number of nitrogens with zero attached hydrogens (tertiary/aromatic N) is 3. The maximum absolute atomic E-state index is 13.0. The van der Waals surface area contributed by atoms with Crippen molar-refractivity contribution in [2.75, 3.05) is 18.2 Å². The number of rotatable bonds is 8. The van der Waals surface area contributed by atoms with Gasteiger partial charge in [-0.3, -0.25) is 9.59 Å².